The lowest BCUT2D eigenvalue weighted by Gasteiger charge is -2.09. The number of hydrogen-bond acceptors (Lipinski definition) is 3. The smallest absolute Gasteiger partial charge is 0.311 e. The molecule has 0 atom stereocenters. The van der Waals surface area contributed by atoms with Gasteiger partial charge in [-0.1, -0.05) is 6.92 Å². The van der Waals surface area contributed by atoms with E-state index in [2.05, 4.69) is 11.5 Å². The van der Waals surface area contributed by atoms with Crippen LogP contribution in [-0.4, -0.2) is 12.0 Å². The van der Waals surface area contributed by atoms with Crippen molar-refractivity contribution in [2.24, 2.45) is 0 Å². The average molecular weight is 287 g/mol. The summed E-state index contributed by atoms with van der Waals surface area (Å²) in [6.07, 6.45) is 5.12. The molecule has 110 valence electrons. The van der Waals surface area contributed by atoms with Crippen LogP contribution in [0.15, 0.2) is 36.7 Å². The number of methoxy groups -OCH3 is 1. The monoisotopic (exact) mass is 287 g/mol. The van der Waals surface area contributed by atoms with Gasteiger partial charge in [-0.3, -0.25) is 10.1 Å². The van der Waals surface area contributed by atoms with Crippen LogP contribution in [0.1, 0.15) is 18.9 Å². The quantitative estimate of drug-likeness (QED) is 0.482. The van der Waals surface area contributed by atoms with Crippen LogP contribution in [-0.2, 0) is 6.54 Å². The van der Waals surface area contributed by atoms with Crippen molar-refractivity contribution in [3.05, 3.63) is 52.3 Å². The summed E-state index contributed by atoms with van der Waals surface area (Å²) in [7, 11) is 1.45. The molecule has 0 fully saturated rings. The maximum Gasteiger partial charge on any atom is 0.311 e. The molecule has 0 aliphatic rings. The second-order valence-electron chi connectivity index (χ2n) is 4.92. The molecular weight excluding hydrogens is 268 g/mol. The molecule has 0 N–H and O–H groups in total. The second kappa shape index (κ2) is 6.35. The fraction of sp³-hybridized carbons (Fsp3) is 0.312. The Morgan fingerprint density at radius 1 is 1.29 bits per heavy atom. The molecule has 21 heavy (non-hydrogen) atoms. The van der Waals surface area contributed by atoms with Gasteiger partial charge in [0.2, 0.25) is 0 Å². The molecule has 0 saturated heterocycles. The Labute approximate surface area is 124 Å². The Morgan fingerprint density at radius 2 is 1.95 bits per heavy atom. The molecule has 0 spiro atoms. The first kappa shape index (κ1) is 15.0. The molecule has 5 heteroatoms. The lowest BCUT2D eigenvalue weighted by Crippen LogP contribution is -2.31. The van der Waals surface area contributed by atoms with Gasteiger partial charge < -0.3 is 4.74 Å². The summed E-state index contributed by atoms with van der Waals surface area (Å²) in [6, 6.07) is 7.32. The summed E-state index contributed by atoms with van der Waals surface area (Å²) in [5, 5.41) is 11.0. The van der Waals surface area contributed by atoms with Crippen LogP contribution in [0, 0.1) is 17.0 Å². The molecule has 2 aromatic rings. The van der Waals surface area contributed by atoms with Crippen molar-refractivity contribution in [2.45, 2.75) is 26.8 Å². The van der Waals surface area contributed by atoms with Gasteiger partial charge in [-0.25, -0.2) is 4.57 Å². The van der Waals surface area contributed by atoms with Gasteiger partial charge in [0.1, 0.15) is 6.54 Å². The van der Waals surface area contributed by atoms with E-state index in [4.69, 9.17) is 4.74 Å². The van der Waals surface area contributed by atoms with Crippen molar-refractivity contribution in [3.63, 3.8) is 0 Å². The molecule has 0 saturated carbocycles. The van der Waals surface area contributed by atoms with Crippen molar-refractivity contribution in [3.8, 4) is 16.9 Å². The van der Waals surface area contributed by atoms with E-state index in [0.717, 1.165) is 29.7 Å². The van der Waals surface area contributed by atoms with Gasteiger partial charge in [-0.15, -0.1) is 0 Å². The zero-order chi connectivity index (χ0) is 15.4. The third-order valence-corrected chi connectivity index (χ3v) is 3.41. The van der Waals surface area contributed by atoms with Crippen molar-refractivity contribution in [2.75, 3.05) is 7.11 Å². The van der Waals surface area contributed by atoms with E-state index in [9.17, 15) is 10.1 Å². The summed E-state index contributed by atoms with van der Waals surface area (Å²) in [4.78, 5) is 10.6. The molecule has 1 heterocycles. The van der Waals surface area contributed by atoms with Gasteiger partial charge in [-0.05, 0) is 29.7 Å². The van der Waals surface area contributed by atoms with E-state index >= 15 is 0 Å². The predicted octanol–water partition coefficient (Wildman–Crippen LogP) is 3.28. The van der Waals surface area contributed by atoms with Crippen molar-refractivity contribution in [1.29, 1.82) is 0 Å². The number of aromatic nitrogens is 1. The third kappa shape index (κ3) is 3.18. The predicted molar refractivity (Wildman–Crippen MR) is 80.3 cm³/mol. The van der Waals surface area contributed by atoms with Crippen LogP contribution >= 0.6 is 0 Å². The SMILES string of the molecule is CCC[n+]1ccc(-c2cc(OC)c([N+](=O)[O-])cc2C)cc1. The maximum absolute atomic E-state index is 11.0. The fourth-order valence-corrected chi connectivity index (χ4v) is 2.33. The number of aryl methyl sites for hydroxylation is 2. The Morgan fingerprint density at radius 3 is 2.48 bits per heavy atom. The first-order valence-electron chi connectivity index (χ1n) is 6.89. The summed E-state index contributed by atoms with van der Waals surface area (Å²) >= 11 is 0. The second-order valence-corrected chi connectivity index (χ2v) is 4.92. The number of nitrogens with zero attached hydrogens (tertiary/aromatic N) is 2. The van der Waals surface area contributed by atoms with E-state index in [1.165, 1.54) is 7.11 Å². The molecule has 0 amide bonds. The standard InChI is InChI=1S/C16H19N2O3/c1-4-7-17-8-5-13(6-9-17)14-11-16(21-3)15(18(19)20)10-12(14)2/h5-6,8-11H,4,7H2,1-3H3/q+1. The number of nitro groups is 1. The zero-order valence-corrected chi connectivity index (χ0v) is 12.5. The summed E-state index contributed by atoms with van der Waals surface area (Å²) in [6.45, 7) is 4.98. The molecule has 0 aliphatic heterocycles. The summed E-state index contributed by atoms with van der Waals surface area (Å²) in [5.41, 5.74) is 2.82. The highest BCUT2D eigenvalue weighted by atomic mass is 16.6. The van der Waals surface area contributed by atoms with Crippen LogP contribution < -0.4 is 9.30 Å². The van der Waals surface area contributed by atoms with Crippen molar-refractivity contribution >= 4 is 5.69 Å². The minimum Gasteiger partial charge on any atom is -0.490 e. The van der Waals surface area contributed by atoms with E-state index < -0.39 is 4.92 Å². The number of hydrogen-bond donors (Lipinski definition) is 0. The summed E-state index contributed by atoms with van der Waals surface area (Å²) < 4.78 is 7.25. The van der Waals surface area contributed by atoms with E-state index in [1.54, 1.807) is 12.1 Å². The largest absolute Gasteiger partial charge is 0.490 e. The molecule has 0 radical (unpaired) electrons. The highest BCUT2D eigenvalue weighted by Gasteiger charge is 2.18. The molecule has 0 bridgehead atoms. The minimum absolute atomic E-state index is 0.00396. The Bertz CT molecular complexity index is 651. The van der Waals surface area contributed by atoms with E-state index in [1.807, 2.05) is 31.5 Å². The maximum atomic E-state index is 11.0. The first-order chi connectivity index (χ1) is 10.1. The van der Waals surface area contributed by atoms with Gasteiger partial charge >= 0.3 is 5.69 Å². The molecule has 1 aromatic heterocycles. The molecule has 5 nitrogen and oxygen atoms in total. The molecule has 2 rings (SSSR count). The van der Waals surface area contributed by atoms with Gasteiger partial charge in [0.15, 0.2) is 18.1 Å². The number of benzene rings is 1. The number of rotatable bonds is 5. The number of pyridine rings is 1. The van der Waals surface area contributed by atoms with E-state index in [-0.39, 0.29) is 11.4 Å². The lowest BCUT2D eigenvalue weighted by molar-refractivity contribution is -0.696. The van der Waals surface area contributed by atoms with Crippen LogP contribution in [0.2, 0.25) is 0 Å². The van der Waals surface area contributed by atoms with Gasteiger partial charge in [0.25, 0.3) is 0 Å². The topological polar surface area (TPSA) is 56.2 Å². The first-order valence-corrected chi connectivity index (χ1v) is 6.89. The van der Waals surface area contributed by atoms with Gasteiger partial charge in [0.05, 0.1) is 12.0 Å². The Hall–Kier alpha value is -2.43. The zero-order valence-electron chi connectivity index (χ0n) is 12.5. The Balaban J connectivity index is 2.46. The molecule has 1 aromatic carbocycles. The van der Waals surface area contributed by atoms with Crippen LogP contribution in [0.25, 0.3) is 11.1 Å². The highest BCUT2D eigenvalue weighted by molar-refractivity contribution is 5.71. The molecule has 0 aliphatic carbocycles. The van der Waals surface area contributed by atoms with Crippen LogP contribution in [0.4, 0.5) is 5.69 Å². The average Bonchev–Trinajstić information content (AvgIpc) is 2.48. The van der Waals surface area contributed by atoms with Gasteiger partial charge in [0, 0.05) is 24.6 Å². The van der Waals surface area contributed by atoms with Crippen LogP contribution in [0.3, 0.4) is 0 Å². The normalized spacial score (nSPS) is 10.4. The number of ether oxygens (including phenoxy) is 1. The number of nitro benzene ring substituents is 1. The third-order valence-electron chi connectivity index (χ3n) is 3.41. The van der Waals surface area contributed by atoms with Crippen molar-refractivity contribution < 1.29 is 14.2 Å². The van der Waals surface area contributed by atoms with Crippen LogP contribution in [0.5, 0.6) is 5.75 Å². The summed E-state index contributed by atoms with van der Waals surface area (Å²) in [5.74, 6) is 0.283. The Kier molecular flexibility index (Phi) is 4.52. The lowest BCUT2D eigenvalue weighted by atomic mass is 10.0. The van der Waals surface area contributed by atoms with Gasteiger partial charge in [-0.2, -0.15) is 0 Å². The van der Waals surface area contributed by atoms with Crippen molar-refractivity contribution in [1.82, 2.24) is 0 Å². The fourth-order valence-electron chi connectivity index (χ4n) is 2.33. The van der Waals surface area contributed by atoms with E-state index in [0.29, 0.717) is 0 Å². The molecular formula is C16H19N2O3+. The molecule has 0 unspecified atom stereocenters. The highest BCUT2D eigenvalue weighted by Crippen LogP contribution is 2.34. The minimum atomic E-state index is -0.421.